The zero-order chi connectivity index (χ0) is 17.7. The maximum atomic E-state index is 12.7. The highest BCUT2D eigenvalue weighted by atomic mass is 32.2. The molecule has 0 aromatic heterocycles. The highest BCUT2D eigenvalue weighted by Crippen LogP contribution is 2.30. The third-order valence-electron chi connectivity index (χ3n) is 4.18. The van der Waals surface area contributed by atoms with E-state index in [9.17, 15) is 8.42 Å². The van der Waals surface area contributed by atoms with Gasteiger partial charge in [0.15, 0.2) is 0 Å². The molecule has 25 heavy (non-hydrogen) atoms. The maximum Gasteiger partial charge on any atom is 0.244 e. The molecule has 1 aliphatic heterocycles. The number of ether oxygens (including phenoxy) is 1. The van der Waals surface area contributed by atoms with Crippen molar-refractivity contribution in [1.29, 1.82) is 0 Å². The molecule has 6 heteroatoms. The van der Waals surface area contributed by atoms with Crippen LogP contribution in [0.4, 0.5) is 5.69 Å². The van der Waals surface area contributed by atoms with Crippen LogP contribution in [-0.4, -0.2) is 27.6 Å². The van der Waals surface area contributed by atoms with Crippen molar-refractivity contribution in [1.82, 2.24) is 4.72 Å². The normalized spacial score (nSPS) is 18.7. The van der Waals surface area contributed by atoms with E-state index in [1.807, 2.05) is 30.3 Å². The topological polar surface area (TPSA) is 67.4 Å². The first-order valence-electron chi connectivity index (χ1n) is 8.65. The van der Waals surface area contributed by atoms with Crippen LogP contribution in [0.15, 0.2) is 53.4 Å². The Morgan fingerprint density at radius 3 is 2.76 bits per heavy atom. The predicted molar refractivity (Wildman–Crippen MR) is 99.6 cm³/mol. The van der Waals surface area contributed by atoms with Crippen LogP contribution in [0.2, 0.25) is 0 Å². The smallest absolute Gasteiger partial charge is 0.244 e. The minimum absolute atomic E-state index is 0.198. The van der Waals surface area contributed by atoms with Crippen LogP contribution in [0.1, 0.15) is 25.3 Å². The van der Waals surface area contributed by atoms with Gasteiger partial charge in [-0.2, -0.15) is 0 Å². The van der Waals surface area contributed by atoms with E-state index in [-0.39, 0.29) is 10.9 Å². The maximum absolute atomic E-state index is 12.7. The molecule has 0 bridgehead atoms. The molecule has 2 N–H and O–H groups in total. The summed E-state index contributed by atoms with van der Waals surface area (Å²) in [6, 6.07) is 14.7. The number of sulfonamides is 1. The van der Waals surface area contributed by atoms with Gasteiger partial charge in [-0.1, -0.05) is 43.7 Å². The number of anilines is 1. The van der Waals surface area contributed by atoms with Crippen molar-refractivity contribution in [2.75, 3.05) is 18.5 Å². The molecule has 0 radical (unpaired) electrons. The van der Waals surface area contributed by atoms with Crippen molar-refractivity contribution < 1.29 is 13.2 Å². The predicted octanol–water partition coefficient (Wildman–Crippen LogP) is 3.18. The lowest BCUT2D eigenvalue weighted by Crippen LogP contribution is -2.38. The van der Waals surface area contributed by atoms with E-state index in [0.717, 1.165) is 30.6 Å². The van der Waals surface area contributed by atoms with Crippen molar-refractivity contribution in [3.63, 3.8) is 0 Å². The van der Waals surface area contributed by atoms with Gasteiger partial charge in [0.1, 0.15) is 17.3 Å². The molecule has 0 spiro atoms. The van der Waals surface area contributed by atoms with Crippen molar-refractivity contribution in [2.24, 2.45) is 0 Å². The number of hydrogen-bond donors (Lipinski definition) is 2. The van der Waals surface area contributed by atoms with Crippen LogP contribution in [0.25, 0.3) is 0 Å². The summed E-state index contributed by atoms with van der Waals surface area (Å²) in [7, 11) is -3.59. The second-order valence-corrected chi connectivity index (χ2v) is 7.94. The van der Waals surface area contributed by atoms with Crippen molar-refractivity contribution in [2.45, 2.75) is 37.1 Å². The Bertz CT molecular complexity index is 807. The first kappa shape index (κ1) is 17.8. The number of hydrogen-bond acceptors (Lipinski definition) is 4. The molecule has 0 unspecified atom stereocenters. The molecule has 3 rings (SSSR count). The Morgan fingerprint density at radius 1 is 1.20 bits per heavy atom. The number of rotatable bonds is 6. The van der Waals surface area contributed by atoms with Crippen LogP contribution in [0.3, 0.4) is 0 Å². The molecule has 0 amide bonds. The fourth-order valence-electron chi connectivity index (χ4n) is 2.87. The fourth-order valence-corrected chi connectivity index (χ4v) is 4.22. The van der Waals surface area contributed by atoms with Gasteiger partial charge in [0, 0.05) is 18.3 Å². The molecule has 0 aliphatic carbocycles. The van der Waals surface area contributed by atoms with E-state index >= 15 is 0 Å². The standard InChI is InChI=1S/C19H24N2O3S/c1-2-3-11-20-16-9-10-19-18(13-16)24-14-17(21-25(19,22)23)12-15-7-5-4-6-8-15/h4-10,13,17,20-21H,2-3,11-12,14H2,1H3/t17-/m0/s1. The number of benzene rings is 2. The number of fused-ring (bicyclic) bond motifs is 1. The molecule has 2 aromatic rings. The molecular weight excluding hydrogens is 336 g/mol. The van der Waals surface area contributed by atoms with E-state index < -0.39 is 10.0 Å². The van der Waals surface area contributed by atoms with Gasteiger partial charge in [-0.25, -0.2) is 13.1 Å². The third-order valence-corrected chi connectivity index (χ3v) is 5.74. The molecule has 0 fully saturated rings. The third kappa shape index (κ3) is 4.52. The molecule has 5 nitrogen and oxygen atoms in total. The molecule has 1 heterocycles. The SMILES string of the molecule is CCCCNc1ccc2c(c1)OC[C@H](Cc1ccccc1)NS2(=O)=O. The summed E-state index contributed by atoms with van der Waals surface area (Å²) < 4.78 is 33.9. The Balaban J connectivity index is 1.77. The minimum atomic E-state index is -3.59. The van der Waals surface area contributed by atoms with Crippen molar-refractivity contribution in [3.8, 4) is 5.75 Å². The lowest BCUT2D eigenvalue weighted by atomic mass is 10.1. The summed E-state index contributed by atoms with van der Waals surface area (Å²) in [5.41, 5.74) is 1.95. The van der Waals surface area contributed by atoms with Gasteiger partial charge in [0.2, 0.25) is 10.0 Å². The van der Waals surface area contributed by atoms with E-state index in [4.69, 9.17) is 4.74 Å². The van der Waals surface area contributed by atoms with Gasteiger partial charge in [-0.05, 0) is 30.5 Å². The summed E-state index contributed by atoms with van der Waals surface area (Å²) in [6.07, 6.45) is 2.76. The second-order valence-electron chi connectivity index (χ2n) is 6.26. The Hall–Kier alpha value is -2.05. The van der Waals surface area contributed by atoms with Gasteiger partial charge in [-0.3, -0.25) is 0 Å². The quantitative estimate of drug-likeness (QED) is 0.777. The number of nitrogens with one attached hydrogen (secondary N) is 2. The summed E-state index contributed by atoms with van der Waals surface area (Å²) >= 11 is 0. The second kappa shape index (κ2) is 7.89. The lowest BCUT2D eigenvalue weighted by molar-refractivity contribution is 0.279. The van der Waals surface area contributed by atoms with Gasteiger partial charge in [0.25, 0.3) is 0 Å². The molecular formula is C19H24N2O3S. The first-order valence-corrected chi connectivity index (χ1v) is 10.1. The van der Waals surface area contributed by atoms with Gasteiger partial charge in [-0.15, -0.1) is 0 Å². The zero-order valence-electron chi connectivity index (χ0n) is 14.4. The average molecular weight is 360 g/mol. The number of unbranched alkanes of at least 4 members (excludes halogenated alkanes) is 1. The highest BCUT2D eigenvalue weighted by Gasteiger charge is 2.28. The molecule has 0 saturated heterocycles. The van der Waals surface area contributed by atoms with E-state index in [1.54, 1.807) is 18.2 Å². The van der Waals surface area contributed by atoms with Crippen LogP contribution in [-0.2, 0) is 16.4 Å². The molecule has 1 aliphatic rings. The van der Waals surface area contributed by atoms with Crippen LogP contribution in [0.5, 0.6) is 5.75 Å². The monoisotopic (exact) mass is 360 g/mol. The lowest BCUT2D eigenvalue weighted by Gasteiger charge is -2.14. The molecule has 1 atom stereocenters. The zero-order valence-corrected chi connectivity index (χ0v) is 15.2. The summed E-state index contributed by atoms with van der Waals surface area (Å²) in [4.78, 5) is 0.198. The average Bonchev–Trinajstić information content (AvgIpc) is 2.72. The highest BCUT2D eigenvalue weighted by molar-refractivity contribution is 7.89. The summed E-state index contributed by atoms with van der Waals surface area (Å²) in [6.45, 7) is 3.30. The fraction of sp³-hybridized carbons (Fsp3) is 0.368. The summed E-state index contributed by atoms with van der Waals surface area (Å²) in [5.74, 6) is 0.407. The minimum Gasteiger partial charge on any atom is -0.490 e. The Kier molecular flexibility index (Phi) is 5.60. The van der Waals surface area contributed by atoms with Crippen LogP contribution < -0.4 is 14.8 Å². The van der Waals surface area contributed by atoms with Crippen molar-refractivity contribution >= 4 is 15.7 Å². The van der Waals surface area contributed by atoms with E-state index in [1.165, 1.54) is 0 Å². The molecule has 0 saturated carbocycles. The van der Waals surface area contributed by atoms with Gasteiger partial charge in [0.05, 0.1) is 6.04 Å². The van der Waals surface area contributed by atoms with Crippen LogP contribution in [0, 0.1) is 0 Å². The largest absolute Gasteiger partial charge is 0.490 e. The molecule has 2 aromatic carbocycles. The Labute approximate surface area is 149 Å². The first-order chi connectivity index (χ1) is 12.1. The van der Waals surface area contributed by atoms with Gasteiger partial charge < -0.3 is 10.1 Å². The summed E-state index contributed by atoms with van der Waals surface area (Å²) in [5, 5.41) is 3.30. The van der Waals surface area contributed by atoms with E-state index in [0.29, 0.717) is 18.8 Å². The Morgan fingerprint density at radius 2 is 2.00 bits per heavy atom. The molecule has 134 valence electrons. The van der Waals surface area contributed by atoms with Crippen LogP contribution >= 0.6 is 0 Å². The van der Waals surface area contributed by atoms with Gasteiger partial charge >= 0.3 is 0 Å². The van der Waals surface area contributed by atoms with E-state index in [2.05, 4.69) is 17.0 Å². The van der Waals surface area contributed by atoms with Crippen molar-refractivity contribution in [3.05, 3.63) is 54.1 Å².